The summed E-state index contributed by atoms with van der Waals surface area (Å²) in [5, 5.41) is 0. The van der Waals surface area contributed by atoms with Crippen LogP contribution >= 0.6 is 0 Å². The van der Waals surface area contributed by atoms with Gasteiger partial charge < -0.3 is 4.74 Å². The van der Waals surface area contributed by atoms with Crippen LogP contribution < -0.4 is 4.74 Å². The molecule has 0 saturated heterocycles. The highest BCUT2D eigenvalue weighted by atomic mass is 19.2. The number of hydrogen-bond donors (Lipinski definition) is 0. The summed E-state index contributed by atoms with van der Waals surface area (Å²) in [6, 6.07) is 12.3. The number of benzene rings is 2. The SMILES string of the molecule is CCCc1ccc(C2CCC(C=CCCc3ccc(OC)c(F)c3F)CC2)cc1. The first-order chi connectivity index (χ1) is 14.1. The van der Waals surface area contributed by atoms with Crippen molar-refractivity contribution in [2.24, 2.45) is 5.92 Å². The summed E-state index contributed by atoms with van der Waals surface area (Å²) in [6.45, 7) is 2.22. The maximum absolute atomic E-state index is 14.0. The van der Waals surface area contributed by atoms with Gasteiger partial charge in [0.25, 0.3) is 0 Å². The predicted molar refractivity (Wildman–Crippen MR) is 116 cm³/mol. The minimum Gasteiger partial charge on any atom is -0.494 e. The van der Waals surface area contributed by atoms with E-state index >= 15 is 0 Å². The fraction of sp³-hybridized carbons (Fsp3) is 0.462. The lowest BCUT2D eigenvalue weighted by Gasteiger charge is -2.27. The van der Waals surface area contributed by atoms with Gasteiger partial charge in [0.1, 0.15) is 0 Å². The van der Waals surface area contributed by atoms with E-state index in [1.165, 1.54) is 56.4 Å². The fourth-order valence-corrected chi connectivity index (χ4v) is 4.34. The van der Waals surface area contributed by atoms with E-state index in [1.807, 2.05) is 0 Å². The van der Waals surface area contributed by atoms with Gasteiger partial charge in [-0.25, -0.2) is 4.39 Å². The van der Waals surface area contributed by atoms with Crippen molar-refractivity contribution in [3.63, 3.8) is 0 Å². The molecule has 156 valence electrons. The van der Waals surface area contributed by atoms with Gasteiger partial charge in [-0.1, -0.05) is 55.8 Å². The van der Waals surface area contributed by atoms with Crippen LogP contribution in [0.15, 0.2) is 48.6 Å². The molecule has 2 aromatic carbocycles. The van der Waals surface area contributed by atoms with Crippen LogP contribution in [-0.2, 0) is 12.8 Å². The monoisotopic (exact) mass is 398 g/mol. The molecule has 1 aliphatic carbocycles. The van der Waals surface area contributed by atoms with Crippen molar-refractivity contribution < 1.29 is 13.5 Å². The summed E-state index contributed by atoms with van der Waals surface area (Å²) in [5.41, 5.74) is 3.31. The molecule has 0 radical (unpaired) electrons. The molecular weight excluding hydrogens is 366 g/mol. The lowest BCUT2D eigenvalue weighted by Crippen LogP contribution is -2.11. The van der Waals surface area contributed by atoms with E-state index in [9.17, 15) is 8.78 Å². The second kappa shape index (κ2) is 10.6. The maximum Gasteiger partial charge on any atom is 0.200 e. The first kappa shape index (κ1) is 21.5. The lowest BCUT2D eigenvalue weighted by atomic mass is 9.78. The number of aryl methyl sites for hydroxylation is 2. The van der Waals surface area contributed by atoms with Gasteiger partial charge in [-0.05, 0) is 79.5 Å². The van der Waals surface area contributed by atoms with Gasteiger partial charge in [-0.3, -0.25) is 0 Å². The van der Waals surface area contributed by atoms with Crippen LogP contribution in [0.3, 0.4) is 0 Å². The minimum atomic E-state index is -0.893. The molecule has 2 aromatic rings. The maximum atomic E-state index is 14.0. The lowest BCUT2D eigenvalue weighted by molar-refractivity contribution is 0.370. The number of ether oxygens (including phenoxy) is 1. The molecule has 0 N–H and O–H groups in total. The van der Waals surface area contributed by atoms with E-state index in [2.05, 4.69) is 43.3 Å². The number of halogens is 2. The third-order valence-corrected chi connectivity index (χ3v) is 6.10. The number of hydrogen-bond acceptors (Lipinski definition) is 1. The fourth-order valence-electron chi connectivity index (χ4n) is 4.34. The summed E-state index contributed by atoms with van der Waals surface area (Å²) in [5.74, 6) is -0.452. The third-order valence-electron chi connectivity index (χ3n) is 6.10. The van der Waals surface area contributed by atoms with Crippen molar-refractivity contribution in [1.29, 1.82) is 0 Å². The first-order valence-electron chi connectivity index (χ1n) is 10.9. The van der Waals surface area contributed by atoms with Crippen LogP contribution in [0, 0.1) is 17.6 Å². The van der Waals surface area contributed by atoms with Crippen molar-refractivity contribution in [3.8, 4) is 5.75 Å². The first-order valence-corrected chi connectivity index (χ1v) is 10.9. The highest BCUT2D eigenvalue weighted by Crippen LogP contribution is 2.36. The van der Waals surface area contributed by atoms with Crippen molar-refractivity contribution in [3.05, 3.63) is 76.9 Å². The van der Waals surface area contributed by atoms with Crippen LogP contribution in [0.4, 0.5) is 8.78 Å². The standard InChI is InChI=1S/C26H32F2O/c1-3-6-19-9-13-21(14-10-19)22-15-11-20(12-16-22)7-4-5-8-23-17-18-24(29-2)26(28)25(23)27/h4,7,9-10,13-14,17-18,20,22H,3,5-6,8,11-12,15-16H2,1-2H3. The molecule has 0 unspecified atom stereocenters. The summed E-state index contributed by atoms with van der Waals surface area (Å²) in [6.07, 6.45) is 12.8. The Labute approximate surface area is 173 Å². The molecule has 3 heteroatoms. The quantitative estimate of drug-likeness (QED) is 0.421. The van der Waals surface area contributed by atoms with E-state index in [4.69, 9.17) is 4.74 Å². The van der Waals surface area contributed by atoms with Crippen molar-refractivity contribution in [1.82, 2.24) is 0 Å². The van der Waals surface area contributed by atoms with E-state index in [1.54, 1.807) is 6.07 Å². The van der Waals surface area contributed by atoms with Crippen molar-refractivity contribution >= 4 is 0 Å². The summed E-state index contributed by atoms with van der Waals surface area (Å²) < 4.78 is 32.6. The number of rotatable bonds is 8. The Morgan fingerprint density at radius 1 is 0.931 bits per heavy atom. The molecule has 0 amide bonds. The Bertz CT molecular complexity index is 802. The van der Waals surface area contributed by atoms with Crippen LogP contribution in [0.25, 0.3) is 0 Å². The van der Waals surface area contributed by atoms with Crippen LogP contribution in [0.1, 0.15) is 68.1 Å². The molecule has 29 heavy (non-hydrogen) atoms. The molecule has 0 aliphatic heterocycles. The third kappa shape index (κ3) is 5.68. The molecule has 0 heterocycles. The molecule has 0 bridgehead atoms. The molecule has 0 spiro atoms. The van der Waals surface area contributed by atoms with Gasteiger partial charge in [0.05, 0.1) is 7.11 Å². The van der Waals surface area contributed by atoms with Gasteiger partial charge in [0.2, 0.25) is 5.82 Å². The van der Waals surface area contributed by atoms with Gasteiger partial charge in [-0.2, -0.15) is 4.39 Å². The van der Waals surface area contributed by atoms with E-state index in [-0.39, 0.29) is 5.75 Å². The van der Waals surface area contributed by atoms with Gasteiger partial charge in [0, 0.05) is 0 Å². The smallest absolute Gasteiger partial charge is 0.200 e. The zero-order valence-corrected chi connectivity index (χ0v) is 17.6. The summed E-state index contributed by atoms with van der Waals surface area (Å²) in [7, 11) is 1.34. The van der Waals surface area contributed by atoms with Crippen molar-refractivity contribution in [2.75, 3.05) is 7.11 Å². The van der Waals surface area contributed by atoms with Gasteiger partial charge >= 0.3 is 0 Å². The Kier molecular flexibility index (Phi) is 7.85. The van der Waals surface area contributed by atoms with Crippen molar-refractivity contribution in [2.45, 2.75) is 64.2 Å². The molecule has 0 atom stereocenters. The number of allylic oxidation sites excluding steroid dienone is 2. The Morgan fingerprint density at radius 2 is 1.66 bits per heavy atom. The van der Waals surface area contributed by atoms with Crippen LogP contribution in [0.5, 0.6) is 5.75 Å². The van der Waals surface area contributed by atoms with Crippen LogP contribution in [-0.4, -0.2) is 7.11 Å². The molecule has 1 saturated carbocycles. The topological polar surface area (TPSA) is 9.23 Å². The zero-order chi connectivity index (χ0) is 20.6. The number of methoxy groups -OCH3 is 1. The Balaban J connectivity index is 1.45. The Morgan fingerprint density at radius 3 is 2.31 bits per heavy atom. The van der Waals surface area contributed by atoms with Crippen LogP contribution in [0.2, 0.25) is 0 Å². The van der Waals surface area contributed by atoms with E-state index in [0.717, 1.165) is 12.8 Å². The second-order valence-electron chi connectivity index (χ2n) is 8.13. The molecule has 1 fully saturated rings. The van der Waals surface area contributed by atoms with Gasteiger partial charge in [0.15, 0.2) is 11.6 Å². The summed E-state index contributed by atoms with van der Waals surface area (Å²) >= 11 is 0. The Hall–Kier alpha value is -2.16. The molecular formula is C26H32F2O. The molecule has 3 rings (SSSR count). The highest BCUT2D eigenvalue weighted by molar-refractivity contribution is 5.31. The minimum absolute atomic E-state index is 0.0430. The van der Waals surface area contributed by atoms with Gasteiger partial charge in [-0.15, -0.1) is 0 Å². The molecule has 1 aliphatic rings. The highest BCUT2D eigenvalue weighted by Gasteiger charge is 2.20. The molecule has 1 nitrogen and oxygen atoms in total. The second-order valence-corrected chi connectivity index (χ2v) is 8.13. The largest absolute Gasteiger partial charge is 0.494 e. The predicted octanol–water partition coefficient (Wildman–Crippen LogP) is 7.39. The average Bonchev–Trinajstić information content (AvgIpc) is 2.75. The van der Waals surface area contributed by atoms with E-state index < -0.39 is 11.6 Å². The normalized spacial score (nSPS) is 19.6. The molecule has 0 aromatic heterocycles. The summed E-state index contributed by atoms with van der Waals surface area (Å²) in [4.78, 5) is 0. The average molecular weight is 399 g/mol. The van der Waals surface area contributed by atoms with E-state index in [0.29, 0.717) is 23.8 Å². The zero-order valence-electron chi connectivity index (χ0n) is 17.6.